The predicted octanol–water partition coefficient (Wildman–Crippen LogP) is 4.34. The van der Waals surface area contributed by atoms with E-state index in [1.807, 2.05) is 30.3 Å². The van der Waals surface area contributed by atoms with Crippen molar-refractivity contribution in [3.8, 4) is 0 Å². The third kappa shape index (κ3) is 2.40. The molecule has 1 aliphatic heterocycles. The summed E-state index contributed by atoms with van der Waals surface area (Å²) in [6.07, 6.45) is 4.12. The van der Waals surface area contributed by atoms with Gasteiger partial charge in [0, 0.05) is 51.6 Å². The maximum Gasteiger partial charge on any atom is 0.0722 e. The van der Waals surface area contributed by atoms with Crippen LogP contribution < -0.4 is 5.32 Å². The van der Waals surface area contributed by atoms with Gasteiger partial charge in [0.2, 0.25) is 0 Å². The van der Waals surface area contributed by atoms with Crippen LogP contribution in [0, 0.1) is 0 Å². The van der Waals surface area contributed by atoms with E-state index in [1.54, 1.807) is 12.4 Å². The summed E-state index contributed by atoms with van der Waals surface area (Å²) in [6, 6.07) is 9.63. The first-order valence-electron chi connectivity index (χ1n) is 7.67. The minimum absolute atomic E-state index is 0.0412. The van der Waals surface area contributed by atoms with Crippen molar-refractivity contribution in [1.82, 2.24) is 9.97 Å². The van der Waals surface area contributed by atoms with Crippen LogP contribution in [0.2, 0.25) is 5.02 Å². The zero-order chi connectivity index (χ0) is 16.7. The number of fused-ring (bicyclic) bond motifs is 3. The maximum absolute atomic E-state index is 9.93. The minimum Gasteiger partial charge on any atom is -0.392 e. The zero-order valence-corrected chi connectivity index (χ0v) is 13.7. The summed E-state index contributed by atoms with van der Waals surface area (Å²) in [4.78, 5) is 7.68. The highest BCUT2D eigenvalue weighted by Gasteiger charge is 2.23. The quantitative estimate of drug-likeness (QED) is 0.652. The first-order chi connectivity index (χ1) is 11.7. The van der Waals surface area contributed by atoms with Gasteiger partial charge in [-0.1, -0.05) is 24.2 Å². The van der Waals surface area contributed by atoms with Gasteiger partial charge in [0.15, 0.2) is 0 Å². The van der Waals surface area contributed by atoms with Crippen LogP contribution in [0.25, 0.3) is 16.5 Å². The van der Waals surface area contributed by atoms with Crippen molar-refractivity contribution in [2.75, 3.05) is 11.9 Å². The van der Waals surface area contributed by atoms with Gasteiger partial charge in [-0.2, -0.15) is 0 Å². The van der Waals surface area contributed by atoms with E-state index in [1.165, 1.54) is 0 Å². The summed E-state index contributed by atoms with van der Waals surface area (Å²) in [6.45, 7) is 4.05. The number of hydrogen-bond donors (Lipinski definition) is 3. The fourth-order valence-electron chi connectivity index (χ4n) is 3.22. The van der Waals surface area contributed by atoms with E-state index < -0.39 is 0 Å². The number of benzene rings is 1. The molecule has 2 aromatic heterocycles. The molecule has 1 aromatic carbocycles. The van der Waals surface area contributed by atoms with Crippen molar-refractivity contribution >= 4 is 33.8 Å². The molecule has 0 atom stereocenters. The molecule has 3 N–H and O–H groups in total. The molecule has 0 bridgehead atoms. The van der Waals surface area contributed by atoms with Crippen LogP contribution >= 0.6 is 11.6 Å². The van der Waals surface area contributed by atoms with E-state index in [-0.39, 0.29) is 6.61 Å². The number of allylic oxidation sites excluding steroid dienone is 1. The normalized spacial score (nSPS) is 14.5. The molecule has 120 valence electrons. The minimum atomic E-state index is -0.0412. The molecule has 4 rings (SSSR count). The molecule has 1 aliphatic rings. The second-order valence-electron chi connectivity index (χ2n) is 5.85. The van der Waals surface area contributed by atoms with Gasteiger partial charge in [0.25, 0.3) is 0 Å². The average molecular weight is 338 g/mol. The lowest BCUT2D eigenvalue weighted by molar-refractivity contribution is 0.329. The van der Waals surface area contributed by atoms with Gasteiger partial charge >= 0.3 is 0 Å². The molecule has 0 amide bonds. The number of pyridine rings is 1. The molecular formula is C19H16ClN3O. The largest absolute Gasteiger partial charge is 0.392 e. The van der Waals surface area contributed by atoms with E-state index in [0.717, 1.165) is 44.7 Å². The number of nitrogens with one attached hydrogen (secondary N) is 2. The van der Waals surface area contributed by atoms with E-state index in [9.17, 15) is 5.11 Å². The highest BCUT2D eigenvalue weighted by molar-refractivity contribution is 6.31. The molecule has 0 unspecified atom stereocenters. The van der Waals surface area contributed by atoms with Crippen molar-refractivity contribution in [3.05, 3.63) is 76.9 Å². The van der Waals surface area contributed by atoms with Crippen molar-refractivity contribution in [2.24, 2.45) is 0 Å². The van der Waals surface area contributed by atoms with Crippen LogP contribution in [0.15, 0.2) is 60.6 Å². The Morgan fingerprint density at radius 3 is 2.92 bits per heavy atom. The highest BCUT2D eigenvalue weighted by atomic mass is 35.5. The van der Waals surface area contributed by atoms with Crippen LogP contribution in [0.3, 0.4) is 0 Å². The van der Waals surface area contributed by atoms with Crippen LogP contribution in [-0.4, -0.2) is 21.7 Å². The van der Waals surface area contributed by atoms with Gasteiger partial charge in [-0.05, 0) is 29.8 Å². The van der Waals surface area contributed by atoms with Gasteiger partial charge in [-0.3, -0.25) is 4.98 Å². The van der Waals surface area contributed by atoms with E-state index in [0.29, 0.717) is 11.4 Å². The number of aromatic nitrogens is 2. The van der Waals surface area contributed by atoms with Crippen molar-refractivity contribution in [3.63, 3.8) is 0 Å². The lowest BCUT2D eigenvalue weighted by atomic mass is 9.96. The number of hydrogen-bond acceptors (Lipinski definition) is 3. The monoisotopic (exact) mass is 337 g/mol. The third-order valence-corrected chi connectivity index (χ3v) is 4.47. The van der Waals surface area contributed by atoms with Crippen LogP contribution in [-0.2, 0) is 0 Å². The van der Waals surface area contributed by atoms with Gasteiger partial charge in [-0.15, -0.1) is 0 Å². The molecule has 0 saturated carbocycles. The van der Waals surface area contributed by atoms with Crippen LogP contribution in [0.4, 0.5) is 5.69 Å². The van der Waals surface area contributed by atoms with E-state index in [4.69, 9.17) is 11.6 Å². The molecule has 0 aliphatic carbocycles. The Kier molecular flexibility index (Phi) is 3.63. The van der Waals surface area contributed by atoms with Crippen molar-refractivity contribution in [1.29, 1.82) is 0 Å². The molecule has 0 spiro atoms. The molecular weight excluding hydrogens is 322 g/mol. The lowest BCUT2D eigenvalue weighted by Gasteiger charge is -2.11. The highest BCUT2D eigenvalue weighted by Crippen LogP contribution is 2.41. The Balaban J connectivity index is 2.07. The number of aliphatic hydroxyl groups excluding tert-OH is 1. The first-order valence-corrected chi connectivity index (χ1v) is 8.05. The number of nitrogens with zero attached hydrogens (tertiary/aromatic N) is 1. The molecule has 0 saturated heterocycles. The van der Waals surface area contributed by atoms with Gasteiger partial charge in [-0.25, -0.2) is 0 Å². The standard InChI is InChI=1S/C19H16ClN3O/c1-11-7-13(10-24)17(12-3-2-6-21-9-12)19-18(22-11)15-8-14(20)4-5-16(15)23-19/h2-6,8-9,22-24H,1,7,10H2. The molecule has 3 aromatic rings. The van der Waals surface area contributed by atoms with Gasteiger partial charge in [0.05, 0.1) is 18.0 Å². The summed E-state index contributed by atoms with van der Waals surface area (Å²) >= 11 is 6.18. The fraction of sp³-hybridized carbons (Fsp3) is 0.105. The zero-order valence-electron chi connectivity index (χ0n) is 12.9. The smallest absolute Gasteiger partial charge is 0.0722 e. The number of halogens is 1. The predicted molar refractivity (Wildman–Crippen MR) is 98.0 cm³/mol. The summed E-state index contributed by atoms with van der Waals surface area (Å²) in [7, 11) is 0. The third-order valence-electron chi connectivity index (χ3n) is 4.23. The van der Waals surface area contributed by atoms with Crippen molar-refractivity contribution < 1.29 is 5.11 Å². The summed E-state index contributed by atoms with van der Waals surface area (Å²) < 4.78 is 0. The Bertz CT molecular complexity index is 973. The molecule has 24 heavy (non-hydrogen) atoms. The SMILES string of the molecule is C=C1CC(CO)=C(c2cccnc2)c2[nH]c3ccc(Cl)cc3c2N1. The van der Waals surface area contributed by atoms with E-state index in [2.05, 4.69) is 21.9 Å². The Hall–Kier alpha value is -2.56. The Morgan fingerprint density at radius 2 is 2.17 bits per heavy atom. The van der Waals surface area contributed by atoms with Gasteiger partial charge in [0.1, 0.15) is 0 Å². The average Bonchev–Trinajstić information content (AvgIpc) is 2.85. The second-order valence-corrected chi connectivity index (χ2v) is 6.29. The van der Waals surface area contributed by atoms with Crippen LogP contribution in [0.5, 0.6) is 0 Å². The lowest BCUT2D eigenvalue weighted by Crippen LogP contribution is -2.00. The molecule has 3 heterocycles. The summed E-state index contributed by atoms with van der Waals surface area (Å²) in [5, 5.41) is 15.0. The summed E-state index contributed by atoms with van der Waals surface area (Å²) in [5.74, 6) is 0. The summed E-state index contributed by atoms with van der Waals surface area (Å²) in [5.41, 5.74) is 6.47. The molecule has 5 heteroatoms. The molecule has 0 radical (unpaired) electrons. The number of aromatic amines is 1. The van der Waals surface area contributed by atoms with Gasteiger partial charge < -0.3 is 15.4 Å². The number of H-pyrrole nitrogens is 1. The number of anilines is 1. The molecule has 0 fully saturated rings. The topological polar surface area (TPSA) is 60.9 Å². The second kappa shape index (κ2) is 5.82. The Morgan fingerprint density at radius 1 is 1.29 bits per heavy atom. The van der Waals surface area contributed by atoms with E-state index >= 15 is 0 Å². The number of aliphatic hydroxyl groups is 1. The van der Waals surface area contributed by atoms with Crippen LogP contribution in [0.1, 0.15) is 17.7 Å². The van der Waals surface area contributed by atoms with Crippen molar-refractivity contribution in [2.45, 2.75) is 6.42 Å². The maximum atomic E-state index is 9.93. The molecule has 4 nitrogen and oxygen atoms in total. The number of rotatable bonds is 2. The first kappa shape index (κ1) is 15.0. The fourth-order valence-corrected chi connectivity index (χ4v) is 3.39. The Labute approximate surface area is 144 Å².